The monoisotopic (exact) mass is 532 g/mol. The third-order valence-electron chi connectivity index (χ3n) is 7.48. The van der Waals surface area contributed by atoms with Crippen LogP contribution in [0, 0.1) is 13.8 Å². The van der Waals surface area contributed by atoms with Crippen LogP contribution in [0.2, 0.25) is 0 Å². The maximum Gasteiger partial charge on any atom is 0.146 e. The lowest BCUT2D eigenvalue weighted by atomic mass is 10.0. The minimum Gasteiger partial charge on any atom is -0.506 e. The standard InChI is InChI=1S/C36H28N4O/c1-24-18-19-31-29(21-24)30-22-25(2)35(38-36(30)40(31)32-15-6-7-16-33(32)41)26-11-10-14-28(23-26)39(27-12-4-3-5-13-27)34-17-8-9-20-37-34/h3-23,41H,1-2H3. The third-order valence-corrected chi connectivity index (χ3v) is 7.48. The minimum atomic E-state index is 0.215. The van der Waals surface area contributed by atoms with Crippen molar-refractivity contribution in [3.63, 3.8) is 0 Å². The maximum absolute atomic E-state index is 10.9. The predicted octanol–water partition coefficient (Wildman–Crippen LogP) is 9.03. The molecule has 7 rings (SSSR count). The summed E-state index contributed by atoms with van der Waals surface area (Å²) in [6.07, 6.45) is 1.81. The molecule has 0 aliphatic rings. The van der Waals surface area contributed by atoms with Crippen LogP contribution in [0.5, 0.6) is 5.75 Å². The molecule has 0 unspecified atom stereocenters. The predicted molar refractivity (Wildman–Crippen MR) is 168 cm³/mol. The number of phenolic OH excluding ortho intramolecular Hbond substituents is 1. The lowest BCUT2D eigenvalue weighted by Crippen LogP contribution is -2.11. The largest absolute Gasteiger partial charge is 0.506 e. The zero-order valence-corrected chi connectivity index (χ0v) is 22.9. The molecule has 7 aromatic rings. The first-order chi connectivity index (χ1) is 20.1. The van der Waals surface area contributed by atoms with Crippen molar-refractivity contribution in [3.05, 3.63) is 139 Å². The molecule has 0 fully saturated rings. The number of hydrogen-bond donors (Lipinski definition) is 1. The number of aryl methyl sites for hydroxylation is 2. The highest BCUT2D eigenvalue weighted by Crippen LogP contribution is 2.39. The van der Waals surface area contributed by atoms with Crippen LogP contribution in [0.25, 0.3) is 38.9 Å². The average Bonchev–Trinajstić information content (AvgIpc) is 3.30. The van der Waals surface area contributed by atoms with Crippen molar-refractivity contribution in [1.29, 1.82) is 0 Å². The van der Waals surface area contributed by atoms with Gasteiger partial charge in [-0.15, -0.1) is 0 Å². The van der Waals surface area contributed by atoms with Crippen LogP contribution in [0.1, 0.15) is 11.1 Å². The van der Waals surface area contributed by atoms with Gasteiger partial charge in [0.1, 0.15) is 17.2 Å². The van der Waals surface area contributed by atoms with E-state index in [0.717, 1.165) is 55.9 Å². The number of pyridine rings is 2. The summed E-state index contributed by atoms with van der Waals surface area (Å²) in [5.41, 5.74) is 8.70. The van der Waals surface area contributed by atoms with E-state index in [1.807, 2.05) is 60.8 Å². The summed E-state index contributed by atoms with van der Waals surface area (Å²) in [5, 5.41) is 13.0. The van der Waals surface area contributed by atoms with Crippen LogP contribution in [-0.4, -0.2) is 19.6 Å². The molecule has 0 atom stereocenters. The topological polar surface area (TPSA) is 54.2 Å². The van der Waals surface area contributed by atoms with E-state index < -0.39 is 0 Å². The van der Waals surface area contributed by atoms with Crippen LogP contribution < -0.4 is 4.90 Å². The van der Waals surface area contributed by atoms with Crippen molar-refractivity contribution in [2.45, 2.75) is 13.8 Å². The summed E-state index contributed by atoms with van der Waals surface area (Å²) in [6.45, 7) is 4.21. The van der Waals surface area contributed by atoms with Crippen molar-refractivity contribution < 1.29 is 5.11 Å². The Kier molecular flexibility index (Phi) is 5.98. The first kappa shape index (κ1) is 24.6. The summed E-state index contributed by atoms with van der Waals surface area (Å²) >= 11 is 0. The highest BCUT2D eigenvalue weighted by Gasteiger charge is 2.19. The Balaban J connectivity index is 1.45. The van der Waals surface area contributed by atoms with Crippen molar-refractivity contribution >= 4 is 39.1 Å². The van der Waals surface area contributed by atoms with Crippen LogP contribution in [0.15, 0.2) is 128 Å². The van der Waals surface area contributed by atoms with E-state index in [9.17, 15) is 5.11 Å². The molecule has 3 aromatic heterocycles. The Hall–Kier alpha value is -5.42. The maximum atomic E-state index is 10.9. The molecule has 0 spiro atoms. The molecule has 5 nitrogen and oxygen atoms in total. The van der Waals surface area contributed by atoms with E-state index >= 15 is 0 Å². The van der Waals surface area contributed by atoms with Gasteiger partial charge in [0.25, 0.3) is 0 Å². The molecule has 0 aliphatic carbocycles. The van der Waals surface area contributed by atoms with E-state index in [4.69, 9.17) is 4.98 Å². The van der Waals surface area contributed by atoms with E-state index in [-0.39, 0.29) is 5.75 Å². The number of hydrogen-bond acceptors (Lipinski definition) is 4. The number of aromatic hydroxyl groups is 1. The minimum absolute atomic E-state index is 0.215. The van der Waals surface area contributed by atoms with Crippen LogP contribution >= 0.6 is 0 Å². The number of fused-ring (bicyclic) bond motifs is 3. The smallest absolute Gasteiger partial charge is 0.146 e. The molecule has 4 aromatic carbocycles. The lowest BCUT2D eigenvalue weighted by Gasteiger charge is -2.24. The number of para-hydroxylation sites is 3. The SMILES string of the molecule is Cc1ccc2c(c1)c1cc(C)c(-c3cccc(N(c4ccccc4)c4ccccn4)c3)nc1n2-c1ccccc1O. The van der Waals surface area contributed by atoms with Gasteiger partial charge in [0.05, 0.1) is 16.9 Å². The molecule has 0 amide bonds. The van der Waals surface area contributed by atoms with Crippen LogP contribution in [0.3, 0.4) is 0 Å². The fourth-order valence-electron chi connectivity index (χ4n) is 5.61. The summed E-state index contributed by atoms with van der Waals surface area (Å²) in [6, 6.07) is 40.7. The summed E-state index contributed by atoms with van der Waals surface area (Å²) in [5.74, 6) is 1.05. The van der Waals surface area contributed by atoms with Gasteiger partial charge in [0, 0.05) is 33.9 Å². The zero-order valence-electron chi connectivity index (χ0n) is 22.9. The van der Waals surface area contributed by atoms with Gasteiger partial charge in [0.2, 0.25) is 0 Å². The number of aromatic nitrogens is 3. The van der Waals surface area contributed by atoms with Crippen molar-refractivity contribution in [1.82, 2.24) is 14.5 Å². The average molecular weight is 533 g/mol. The second kappa shape index (κ2) is 9.96. The molecule has 1 N–H and O–H groups in total. The van der Waals surface area contributed by atoms with Gasteiger partial charge < -0.3 is 5.11 Å². The van der Waals surface area contributed by atoms with Gasteiger partial charge in [0.15, 0.2) is 0 Å². The van der Waals surface area contributed by atoms with E-state index in [1.54, 1.807) is 6.07 Å². The fraction of sp³-hybridized carbons (Fsp3) is 0.0556. The second-order valence-corrected chi connectivity index (χ2v) is 10.3. The molecule has 0 radical (unpaired) electrons. The summed E-state index contributed by atoms with van der Waals surface area (Å²) < 4.78 is 2.07. The van der Waals surface area contributed by atoms with Gasteiger partial charge in [-0.2, -0.15) is 0 Å². The van der Waals surface area contributed by atoms with Crippen LogP contribution in [-0.2, 0) is 0 Å². The van der Waals surface area contributed by atoms with Gasteiger partial charge in [-0.1, -0.05) is 60.2 Å². The molecular formula is C36H28N4O. The first-order valence-electron chi connectivity index (χ1n) is 13.7. The molecule has 0 aliphatic heterocycles. The number of phenols is 1. The quantitative estimate of drug-likeness (QED) is 0.240. The fourth-order valence-corrected chi connectivity index (χ4v) is 5.61. The normalized spacial score (nSPS) is 11.3. The summed E-state index contributed by atoms with van der Waals surface area (Å²) in [7, 11) is 0. The van der Waals surface area contributed by atoms with E-state index in [2.05, 4.69) is 89.0 Å². The van der Waals surface area contributed by atoms with E-state index in [0.29, 0.717) is 5.69 Å². The Labute approximate surface area is 238 Å². The number of nitrogens with zero attached hydrogens (tertiary/aromatic N) is 4. The van der Waals surface area contributed by atoms with Gasteiger partial charge in [-0.05, 0) is 86.1 Å². The lowest BCUT2D eigenvalue weighted by molar-refractivity contribution is 0.473. The number of rotatable bonds is 5. The Morgan fingerprint density at radius 2 is 1.46 bits per heavy atom. The van der Waals surface area contributed by atoms with Crippen molar-refractivity contribution in [2.24, 2.45) is 0 Å². The zero-order chi connectivity index (χ0) is 27.9. The number of anilines is 3. The molecule has 0 saturated heterocycles. The molecule has 198 valence electrons. The molecule has 0 bridgehead atoms. The first-order valence-corrected chi connectivity index (χ1v) is 13.7. The molecular weight excluding hydrogens is 504 g/mol. The van der Waals surface area contributed by atoms with Gasteiger partial charge in [-0.3, -0.25) is 9.47 Å². The van der Waals surface area contributed by atoms with Gasteiger partial charge >= 0.3 is 0 Å². The number of benzene rings is 4. The highest BCUT2D eigenvalue weighted by atomic mass is 16.3. The van der Waals surface area contributed by atoms with Crippen molar-refractivity contribution in [3.8, 4) is 22.7 Å². The van der Waals surface area contributed by atoms with Crippen molar-refractivity contribution in [2.75, 3.05) is 4.90 Å². The molecule has 0 saturated carbocycles. The Bertz CT molecular complexity index is 1990. The molecule has 5 heteroatoms. The Morgan fingerprint density at radius 1 is 0.683 bits per heavy atom. The highest BCUT2D eigenvalue weighted by molar-refractivity contribution is 6.09. The van der Waals surface area contributed by atoms with E-state index in [1.165, 1.54) is 5.56 Å². The molecule has 41 heavy (non-hydrogen) atoms. The Morgan fingerprint density at radius 3 is 2.27 bits per heavy atom. The molecule has 3 heterocycles. The van der Waals surface area contributed by atoms with Gasteiger partial charge in [-0.25, -0.2) is 9.97 Å². The summed E-state index contributed by atoms with van der Waals surface area (Å²) in [4.78, 5) is 12.1. The third kappa shape index (κ3) is 4.28. The van der Waals surface area contributed by atoms with Crippen LogP contribution in [0.4, 0.5) is 17.2 Å². The second-order valence-electron chi connectivity index (χ2n) is 10.3.